The SMILES string of the molecule is CCOP(=O)(OCC)C(F)(F)C[C@H]1O[C@H]2OC(C)(C)O[C@H]2[C@@H]1O. The molecular formula is C13H23F2O7P. The summed E-state index contributed by atoms with van der Waals surface area (Å²) in [6, 6.07) is 0. The number of aliphatic hydroxyl groups is 1. The third-order valence-electron chi connectivity index (χ3n) is 3.56. The van der Waals surface area contributed by atoms with Crippen molar-refractivity contribution in [3.05, 3.63) is 0 Å². The Kier molecular flexibility index (Phi) is 5.53. The predicted octanol–water partition coefficient (Wildman–Crippen LogP) is 2.47. The van der Waals surface area contributed by atoms with Crippen molar-refractivity contribution < 1.29 is 41.7 Å². The molecule has 23 heavy (non-hydrogen) atoms. The molecule has 2 heterocycles. The van der Waals surface area contributed by atoms with Gasteiger partial charge in [-0.2, -0.15) is 8.78 Å². The molecule has 0 aromatic rings. The Bertz CT molecular complexity index is 463. The summed E-state index contributed by atoms with van der Waals surface area (Å²) in [6.45, 7) is 5.76. The van der Waals surface area contributed by atoms with Crippen molar-refractivity contribution in [2.24, 2.45) is 0 Å². The van der Waals surface area contributed by atoms with Crippen molar-refractivity contribution in [3.8, 4) is 0 Å². The van der Waals surface area contributed by atoms with Crippen LogP contribution in [0.5, 0.6) is 0 Å². The number of ether oxygens (including phenoxy) is 3. The van der Waals surface area contributed by atoms with Gasteiger partial charge in [0.1, 0.15) is 12.2 Å². The highest BCUT2D eigenvalue weighted by atomic mass is 31.2. The first-order chi connectivity index (χ1) is 10.6. The Morgan fingerprint density at radius 3 is 2.26 bits per heavy atom. The average molecular weight is 360 g/mol. The molecule has 136 valence electrons. The highest BCUT2D eigenvalue weighted by Gasteiger charge is 2.60. The Morgan fingerprint density at radius 2 is 1.78 bits per heavy atom. The molecule has 0 saturated carbocycles. The Morgan fingerprint density at radius 1 is 1.22 bits per heavy atom. The zero-order valence-corrected chi connectivity index (χ0v) is 14.4. The average Bonchev–Trinajstić information content (AvgIpc) is 2.84. The summed E-state index contributed by atoms with van der Waals surface area (Å²) in [4.78, 5) is 0. The van der Waals surface area contributed by atoms with Crippen LogP contribution in [0.25, 0.3) is 0 Å². The first kappa shape index (κ1) is 19.2. The zero-order chi connectivity index (χ0) is 17.5. The molecule has 2 rings (SSSR count). The molecule has 0 spiro atoms. The van der Waals surface area contributed by atoms with Crippen molar-refractivity contribution in [1.82, 2.24) is 0 Å². The summed E-state index contributed by atoms with van der Waals surface area (Å²) in [6.07, 6.45) is -5.47. The molecular weight excluding hydrogens is 337 g/mol. The molecule has 10 heteroatoms. The van der Waals surface area contributed by atoms with Gasteiger partial charge in [-0.25, -0.2) is 0 Å². The molecule has 7 nitrogen and oxygen atoms in total. The van der Waals surface area contributed by atoms with Crippen LogP contribution < -0.4 is 0 Å². The fraction of sp³-hybridized carbons (Fsp3) is 1.00. The minimum absolute atomic E-state index is 0.188. The van der Waals surface area contributed by atoms with E-state index in [4.69, 9.17) is 23.3 Å². The van der Waals surface area contributed by atoms with Gasteiger partial charge in [-0.05, 0) is 27.7 Å². The molecule has 4 atom stereocenters. The zero-order valence-electron chi connectivity index (χ0n) is 13.5. The van der Waals surface area contributed by atoms with Gasteiger partial charge in [0, 0.05) is 0 Å². The van der Waals surface area contributed by atoms with Crippen LogP contribution in [-0.4, -0.2) is 54.4 Å². The highest BCUT2D eigenvalue weighted by Crippen LogP contribution is 2.64. The lowest BCUT2D eigenvalue weighted by atomic mass is 10.1. The Labute approximate surface area is 133 Å². The smallest absolute Gasteiger partial charge is 0.387 e. The van der Waals surface area contributed by atoms with Crippen LogP contribution in [0.2, 0.25) is 0 Å². The van der Waals surface area contributed by atoms with Crippen LogP contribution in [0, 0.1) is 0 Å². The molecule has 2 fully saturated rings. The van der Waals surface area contributed by atoms with E-state index in [0.717, 1.165) is 0 Å². The van der Waals surface area contributed by atoms with Crippen molar-refractivity contribution in [1.29, 1.82) is 0 Å². The largest absolute Gasteiger partial charge is 0.399 e. The maximum absolute atomic E-state index is 14.4. The maximum atomic E-state index is 14.4. The van der Waals surface area contributed by atoms with Crippen molar-refractivity contribution in [3.63, 3.8) is 0 Å². The van der Waals surface area contributed by atoms with Gasteiger partial charge in [-0.15, -0.1) is 0 Å². The molecule has 2 aliphatic heterocycles. The molecule has 2 saturated heterocycles. The summed E-state index contributed by atoms with van der Waals surface area (Å²) in [5, 5.41) is 10.1. The van der Waals surface area contributed by atoms with E-state index in [9.17, 15) is 18.5 Å². The second kappa shape index (κ2) is 6.63. The number of alkyl halides is 2. The molecule has 0 bridgehead atoms. The van der Waals surface area contributed by atoms with Gasteiger partial charge in [0.05, 0.1) is 25.7 Å². The molecule has 0 unspecified atom stereocenters. The lowest BCUT2D eigenvalue weighted by Crippen LogP contribution is -2.38. The summed E-state index contributed by atoms with van der Waals surface area (Å²) < 4.78 is 66.6. The molecule has 2 aliphatic rings. The topological polar surface area (TPSA) is 83.5 Å². The maximum Gasteiger partial charge on any atom is 0.399 e. The minimum atomic E-state index is -4.66. The predicted molar refractivity (Wildman–Crippen MR) is 75.1 cm³/mol. The summed E-state index contributed by atoms with van der Waals surface area (Å²) in [7, 11) is -4.66. The quantitative estimate of drug-likeness (QED) is 0.698. The van der Waals surface area contributed by atoms with E-state index < -0.39 is 50.1 Å². The molecule has 0 aromatic carbocycles. The first-order valence-corrected chi connectivity index (χ1v) is 9.05. The molecule has 1 N–H and O–H groups in total. The molecule has 0 aliphatic carbocycles. The summed E-state index contributed by atoms with van der Waals surface area (Å²) in [5.74, 6) is -0.963. The summed E-state index contributed by atoms with van der Waals surface area (Å²) >= 11 is 0. The fourth-order valence-corrected chi connectivity index (χ4v) is 4.18. The van der Waals surface area contributed by atoms with Crippen LogP contribution in [0.4, 0.5) is 8.78 Å². The van der Waals surface area contributed by atoms with E-state index in [1.807, 2.05) is 0 Å². The minimum Gasteiger partial charge on any atom is -0.387 e. The fourth-order valence-electron chi connectivity index (χ4n) is 2.65. The van der Waals surface area contributed by atoms with E-state index in [2.05, 4.69) is 0 Å². The number of fused-ring (bicyclic) bond motifs is 1. The van der Waals surface area contributed by atoms with Crippen molar-refractivity contribution >= 4 is 7.60 Å². The number of rotatable bonds is 7. The number of hydrogen-bond acceptors (Lipinski definition) is 7. The normalized spacial score (nSPS) is 33.9. The second-order valence-electron chi connectivity index (χ2n) is 5.84. The van der Waals surface area contributed by atoms with E-state index in [-0.39, 0.29) is 13.2 Å². The van der Waals surface area contributed by atoms with E-state index in [1.165, 1.54) is 13.8 Å². The van der Waals surface area contributed by atoms with Gasteiger partial charge in [-0.1, -0.05) is 0 Å². The van der Waals surface area contributed by atoms with Crippen molar-refractivity contribution in [2.75, 3.05) is 13.2 Å². The van der Waals surface area contributed by atoms with Crippen molar-refractivity contribution in [2.45, 2.75) is 70.2 Å². The highest BCUT2D eigenvalue weighted by molar-refractivity contribution is 7.55. The van der Waals surface area contributed by atoms with Gasteiger partial charge in [0.2, 0.25) is 0 Å². The van der Waals surface area contributed by atoms with Gasteiger partial charge in [0.25, 0.3) is 0 Å². The van der Waals surface area contributed by atoms with E-state index in [1.54, 1.807) is 13.8 Å². The standard InChI is InChI=1S/C13H23F2O7P/c1-5-18-23(17,19-6-2)13(14,15)7-8-9(16)10-11(20-8)22-12(3,4)21-10/h8-11,16H,5-7H2,1-4H3/t8-,9-,10+,11+/m1/s1. The number of halogens is 2. The first-order valence-electron chi connectivity index (χ1n) is 7.51. The third-order valence-corrected chi connectivity index (χ3v) is 5.74. The molecule has 0 amide bonds. The molecule has 0 radical (unpaired) electrons. The lowest BCUT2D eigenvalue weighted by Gasteiger charge is -2.29. The Balaban J connectivity index is 2.08. The second-order valence-corrected chi connectivity index (χ2v) is 8.00. The van der Waals surface area contributed by atoms with Crippen LogP contribution >= 0.6 is 7.60 Å². The lowest BCUT2D eigenvalue weighted by molar-refractivity contribution is -0.219. The van der Waals surface area contributed by atoms with Crippen LogP contribution in [0.1, 0.15) is 34.1 Å². The monoisotopic (exact) mass is 360 g/mol. The number of hydrogen-bond donors (Lipinski definition) is 1. The third kappa shape index (κ3) is 3.76. The van der Waals surface area contributed by atoms with E-state index >= 15 is 0 Å². The Hall–Kier alpha value is -0.150. The van der Waals surface area contributed by atoms with Crippen LogP contribution in [0.3, 0.4) is 0 Å². The van der Waals surface area contributed by atoms with Gasteiger partial charge < -0.3 is 28.4 Å². The van der Waals surface area contributed by atoms with Crippen LogP contribution in [-0.2, 0) is 27.8 Å². The number of aliphatic hydroxyl groups excluding tert-OH is 1. The van der Waals surface area contributed by atoms with Gasteiger partial charge in [0.15, 0.2) is 12.1 Å². The van der Waals surface area contributed by atoms with Crippen LogP contribution in [0.15, 0.2) is 0 Å². The van der Waals surface area contributed by atoms with Gasteiger partial charge in [-0.3, -0.25) is 4.57 Å². The molecule has 0 aromatic heterocycles. The van der Waals surface area contributed by atoms with E-state index in [0.29, 0.717) is 0 Å². The van der Waals surface area contributed by atoms with Gasteiger partial charge >= 0.3 is 13.3 Å². The summed E-state index contributed by atoms with van der Waals surface area (Å²) in [5.41, 5.74) is -3.81.